The minimum Gasteiger partial charge on any atom is -0.481 e. The largest absolute Gasteiger partial charge is 0.481 e. The summed E-state index contributed by atoms with van der Waals surface area (Å²) in [4.78, 5) is 15.0. The molecule has 0 saturated heterocycles. The Labute approximate surface area is 155 Å². The summed E-state index contributed by atoms with van der Waals surface area (Å²) < 4.78 is 33.5. The van der Waals surface area contributed by atoms with E-state index in [2.05, 4.69) is 18.8 Å². The lowest BCUT2D eigenvalue weighted by Crippen LogP contribution is -2.04. The zero-order valence-corrected chi connectivity index (χ0v) is 15.5. The number of aliphatic carboxylic acids is 1. The fourth-order valence-electron chi connectivity index (χ4n) is 2.19. The second-order valence-corrected chi connectivity index (χ2v) is 7.33. The van der Waals surface area contributed by atoms with Crippen molar-refractivity contribution >= 4 is 17.7 Å². The topological polar surface area (TPSA) is 59.4 Å². The molecule has 1 N–H and O–H groups in total. The van der Waals surface area contributed by atoms with Gasteiger partial charge < -0.3 is 9.84 Å². The number of hydrogen-bond donors (Lipinski definition) is 1. The normalized spacial score (nSPS) is 12.0. The number of aromatic nitrogens is 1. The first-order valence-electron chi connectivity index (χ1n) is 8.34. The number of carboxylic acid groups (broad SMARTS) is 1. The summed E-state index contributed by atoms with van der Waals surface area (Å²) in [6.45, 7) is 4.14. The Morgan fingerprint density at radius 1 is 1.31 bits per heavy atom. The van der Waals surface area contributed by atoms with Crippen LogP contribution in [0.4, 0.5) is 8.78 Å². The van der Waals surface area contributed by atoms with Crippen LogP contribution in [0.2, 0.25) is 0 Å². The van der Waals surface area contributed by atoms with Gasteiger partial charge in [-0.15, -0.1) is 11.8 Å². The molecule has 1 unspecified atom stereocenters. The molecule has 0 radical (unpaired) electrons. The smallest absolute Gasteiger partial charge is 0.303 e. The van der Waals surface area contributed by atoms with Crippen molar-refractivity contribution in [1.29, 1.82) is 0 Å². The van der Waals surface area contributed by atoms with Crippen molar-refractivity contribution in [1.82, 2.24) is 4.98 Å². The zero-order chi connectivity index (χ0) is 19.1. The number of halogens is 2. The predicted molar refractivity (Wildman–Crippen MR) is 96.5 cm³/mol. The number of aryl methyl sites for hydroxylation is 1. The average molecular weight is 381 g/mol. The van der Waals surface area contributed by atoms with Gasteiger partial charge in [-0.05, 0) is 42.7 Å². The van der Waals surface area contributed by atoms with Crippen molar-refractivity contribution in [3.8, 4) is 5.75 Å². The summed E-state index contributed by atoms with van der Waals surface area (Å²) in [5.74, 6) is -3.20. The van der Waals surface area contributed by atoms with E-state index in [-0.39, 0.29) is 25.0 Å². The quantitative estimate of drug-likeness (QED) is 0.630. The third kappa shape index (κ3) is 5.98. The van der Waals surface area contributed by atoms with E-state index in [9.17, 15) is 13.6 Å². The maximum atomic E-state index is 14.1. The highest BCUT2D eigenvalue weighted by Gasteiger charge is 2.14. The van der Waals surface area contributed by atoms with E-state index >= 15 is 0 Å². The van der Waals surface area contributed by atoms with Crippen LogP contribution in [0.5, 0.6) is 5.75 Å². The van der Waals surface area contributed by atoms with Gasteiger partial charge in [-0.2, -0.15) is 0 Å². The van der Waals surface area contributed by atoms with Crippen molar-refractivity contribution in [3.63, 3.8) is 0 Å². The van der Waals surface area contributed by atoms with Crippen LogP contribution in [-0.2, 0) is 17.8 Å². The Bertz CT molecular complexity index is 747. The summed E-state index contributed by atoms with van der Waals surface area (Å²) in [6, 6.07) is 7.66. The Morgan fingerprint density at radius 3 is 2.62 bits per heavy atom. The van der Waals surface area contributed by atoms with E-state index < -0.39 is 23.4 Å². The van der Waals surface area contributed by atoms with Crippen LogP contribution in [0.15, 0.2) is 35.4 Å². The summed E-state index contributed by atoms with van der Waals surface area (Å²) in [6.07, 6.45) is 0.876. The molecule has 26 heavy (non-hydrogen) atoms. The van der Waals surface area contributed by atoms with Gasteiger partial charge in [0.05, 0.1) is 10.7 Å². The molecule has 0 bridgehead atoms. The van der Waals surface area contributed by atoms with Crippen molar-refractivity contribution in [3.05, 3.63) is 53.2 Å². The van der Waals surface area contributed by atoms with E-state index in [0.717, 1.165) is 23.6 Å². The number of pyridine rings is 1. The van der Waals surface area contributed by atoms with Gasteiger partial charge in [0.1, 0.15) is 6.61 Å². The number of benzene rings is 1. The fraction of sp³-hybridized carbons (Fsp3) is 0.368. The van der Waals surface area contributed by atoms with E-state index in [1.807, 2.05) is 12.1 Å². The number of nitrogens with zero attached hydrogens (tertiary/aromatic N) is 1. The highest BCUT2D eigenvalue weighted by Crippen LogP contribution is 2.26. The molecule has 1 heterocycles. The van der Waals surface area contributed by atoms with Gasteiger partial charge >= 0.3 is 5.97 Å². The summed E-state index contributed by atoms with van der Waals surface area (Å²) in [7, 11) is 0. The SMILES string of the molecule is CCC(C)Sc1cccc(COc2c(F)cc(CCC(=O)O)cc2F)n1. The fourth-order valence-corrected chi connectivity index (χ4v) is 3.09. The van der Waals surface area contributed by atoms with Crippen LogP contribution in [0.3, 0.4) is 0 Å². The second-order valence-electron chi connectivity index (χ2n) is 5.87. The second kappa shape index (κ2) is 9.52. The number of rotatable bonds is 9. The third-order valence-corrected chi connectivity index (χ3v) is 4.93. The predicted octanol–water partition coefficient (Wildman–Crippen LogP) is 4.85. The molecular weight excluding hydrogens is 360 g/mol. The number of ether oxygens (including phenoxy) is 1. The highest BCUT2D eigenvalue weighted by molar-refractivity contribution is 7.99. The Balaban J connectivity index is 2.05. The molecule has 2 rings (SSSR count). The lowest BCUT2D eigenvalue weighted by Gasteiger charge is -2.11. The molecule has 4 nitrogen and oxygen atoms in total. The van der Waals surface area contributed by atoms with E-state index in [1.165, 1.54) is 0 Å². The highest BCUT2D eigenvalue weighted by atomic mass is 32.2. The molecule has 0 aliphatic carbocycles. The monoisotopic (exact) mass is 381 g/mol. The summed E-state index contributed by atoms with van der Waals surface area (Å²) in [5, 5.41) is 9.91. The molecule has 0 saturated carbocycles. The zero-order valence-electron chi connectivity index (χ0n) is 14.7. The van der Waals surface area contributed by atoms with Gasteiger partial charge in [0.25, 0.3) is 0 Å². The van der Waals surface area contributed by atoms with Crippen LogP contribution in [0.1, 0.15) is 37.9 Å². The maximum Gasteiger partial charge on any atom is 0.303 e. The molecule has 1 aromatic heterocycles. The van der Waals surface area contributed by atoms with Gasteiger partial charge in [0.15, 0.2) is 17.4 Å². The van der Waals surface area contributed by atoms with Crippen LogP contribution < -0.4 is 4.74 Å². The number of carboxylic acids is 1. The van der Waals surface area contributed by atoms with Crippen molar-refractivity contribution < 1.29 is 23.4 Å². The molecule has 0 spiro atoms. The Morgan fingerprint density at radius 2 is 2.00 bits per heavy atom. The molecule has 7 heteroatoms. The number of hydrogen-bond acceptors (Lipinski definition) is 4. The number of carbonyl (C=O) groups is 1. The van der Waals surface area contributed by atoms with Crippen molar-refractivity contribution in [2.75, 3.05) is 0 Å². The number of thioether (sulfide) groups is 1. The first-order chi connectivity index (χ1) is 12.4. The van der Waals surface area contributed by atoms with Crippen LogP contribution >= 0.6 is 11.8 Å². The van der Waals surface area contributed by atoms with Gasteiger partial charge in [-0.1, -0.05) is 19.9 Å². The molecule has 1 aromatic carbocycles. The molecular formula is C19H21F2NO3S. The first kappa shape index (κ1) is 20.2. The van der Waals surface area contributed by atoms with Gasteiger partial charge in [-0.3, -0.25) is 4.79 Å². The molecule has 1 atom stereocenters. The summed E-state index contributed by atoms with van der Waals surface area (Å²) in [5.41, 5.74) is 0.854. The van der Waals surface area contributed by atoms with Crippen LogP contribution in [0, 0.1) is 11.6 Å². The van der Waals surface area contributed by atoms with Gasteiger partial charge in [0, 0.05) is 11.7 Å². The lowest BCUT2D eigenvalue weighted by molar-refractivity contribution is -0.136. The van der Waals surface area contributed by atoms with Gasteiger partial charge in [-0.25, -0.2) is 13.8 Å². The molecule has 0 amide bonds. The first-order valence-corrected chi connectivity index (χ1v) is 9.22. The minimum atomic E-state index is -1.02. The third-order valence-electron chi connectivity index (χ3n) is 3.73. The molecule has 0 fully saturated rings. The Hall–Kier alpha value is -2.15. The standard InChI is InChI=1S/C19H21F2NO3S/c1-3-12(2)26-17-6-4-5-14(22-17)11-25-19-15(20)9-13(10-16(19)21)7-8-18(23)24/h4-6,9-10,12H,3,7-8,11H2,1-2H3,(H,23,24). The molecule has 0 aliphatic rings. The molecule has 0 aliphatic heterocycles. The maximum absolute atomic E-state index is 14.1. The minimum absolute atomic E-state index is 0.0554. The summed E-state index contributed by atoms with van der Waals surface area (Å²) >= 11 is 1.63. The van der Waals surface area contributed by atoms with Crippen LogP contribution in [0.25, 0.3) is 0 Å². The van der Waals surface area contributed by atoms with E-state index in [4.69, 9.17) is 9.84 Å². The van der Waals surface area contributed by atoms with E-state index in [0.29, 0.717) is 10.9 Å². The molecule has 140 valence electrons. The van der Waals surface area contributed by atoms with Crippen LogP contribution in [-0.4, -0.2) is 21.3 Å². The average Bonchev–Trinajstić information content (AvgIpc) is 2.59. The van der Waals surface area contributed by atoms with E-state index in [1.54, 1.807) is 17.8 Å². The van der Waals surface area contributed by atoms with Crippen molar-refractivity contribution in [2.45, 2.75) is 50.0 Å². The molecule has 2 aromatic rings. The lowest BCUT2D eigenvalue weighted by atomic mass is 10.1. The Kier molecular flexibility index (Phi) is 7.38. The van der Waals surface area contributed by atoms with Gasteiger partial charge in [0.2, 0.25) is 0 Å². The van der Waals surface area contributed by atoms with Crippen molar-refractivity contribution in [2.24, 2.45) is 0 Å².